The molecule has 0 saturated heterocycles. The molecule has 7 nitrogen and oxygen atoms in total. The summed E-state index contributed by atoms with van der Waals surface area (Å²) in [6.45, 7) is 7.60. The first-order valence-corrected chi connectivity index (χ1v) is 11.5. The van der Waals surface area contributed by atoms with Crippen LogP contribution in [0.5, 0.6) is 11.5 Å². The summed E-state index contributed by atoms with van der Waals surface area (Å²) in [5, 5.41) is 8.79. The highest BCUT2D eigenvalue weighted by atomic mass is 19.4. The number of benzene rings is 2. The smallest absolute Gasteiger partial charge is 0.493 e. The van der Waals surface area contributed by atoms with E-state index in [9.17, 15) is 22.8 Å². The van der Waals surface area contributed by atoms with Gasteiger partial charge in [-0.3, -0.25) is 9.59 Å². The van der Waals surface area contributed by atoms with E-state index in [1.165, 1.54) is 30.3 Å². The Balaban J connectivity index is 1.84. The van der Waals surface area contributed by atoms with Gasteiger partial charge in [-0.05, 0) is 42.3 Å². The van der Waals surface area contributed by atoms with E-state index in [-0.39, 0.29) is 36.4 Å². The molecular weight excluding hydrogens is 475 g/mol. The topological polar surface area (TPSA) is 80.2 Å². The second-order valence-corrected chi connectivity index (χ2v) is 9.56. The highest BCUT2D eigenvalue weighted by molar-refractivity contribution is 6.06. The number of alkyl halides is 3. The third kappa shape index (κ3) is 6.77. The van der Waals surface area contributed by atoms with Crippen molar-refractivity contribution >= 4 is 23.2 Å². The lowest BCUT2D eigenvalue weighted by molar-refractivity contribution is -0.275. The van der Waals surface area contributed by atoms with Crippen LogP contribution in [0.3, 0.4) is 0 Å². The fourth-order valence-electron chi connectivity index (χ4n) is 3.66. The second kappa shape index (κ2) is 10.6. The molecule has 1 atom stereocenters. The van der Waals surface area contributed by atoms with Crippen LogP contribution in [0.1, 0.15) is 51.7 Å². The van der Waals surface area contributed by atoms with Gasteiger partial charge in [0.1, 0.15) is 0 Å². The Kier molecular flexibility index (Phi) is 7.96. The molecule has 2 aromatic carbocycles. The van der Waals surface area contributed by atoms with Gasteiger partial charge in [-0.15, -0.1) is 13.2 Å². The van der Waals surface area contributed by atoms with E-state index < -0.39 is 17.5 Å². The van der Waals surface area contributed by atoms with Gasteiger partial charge in [0, 0.05) is 29.0 Å². The minimum absolute atomic E-state index is 0.0845. The Morgan fingerprint density at radius 3 is 2.33 bits per heavy atom. The molecule has 10 heteroatoms. The van der Waals surface area contributed by atoms with Crippen LogP contribution in [0.2, 0.25) is 0 Å². The number of carbonyl (C=O) groups excluding carboxylic acids is 2. The van der Waals surface area contributed by atoms with Crippen LogP contribution < -0.4 is 14.8 Å². The number of halogens is 3. The zero-order chi connectivity index (χ0) is 26.7. The molecule has 1 heterocycles. The monoisotopic (exact) mass is 505 g/mol. The first-order valence-electron chi connectivity index (χ1n) is 11.5. The van der Waals surface area contributed by atoms with E-state index >= 15 is 0 Å². The van der Waals surface area contributed by atoms with E-state index in [1.54, 1.807) is 24.3 Å². The van der Waals surface area contributed by atoms with Crippen molar-refractivity contribution in [3.63, 3.8) is 0 Å². The molecule has 2 amide bonds. The van der Waals surface area contributed by atoms with Gasteiger partial charge in [-0.2, -0.15) is 5.10 Å². The summed E-state index contributed by atoms with van der Waals surface area (Å²) in [4.78, 5) is 25.0. The number of hydrogen-bond donors (Lipinski definition) is 1. The zero-order valence-corrected chi connectivity index (χ0v) is 20.9. The van der Waals surface area contributed by atoms with Crippen molar-refractivity contribution in [1.82, 2.24) is 5.01 Å². The van der Waals surface area contributed by atoms with Gasteiger partial charge in [0.05, 0.1) is 19.4 Å². The maximum absolute atomic E-state index is 12.8. The summed E-state index contributed by atoms with van der Waals surface area (Å²) in [7, 11) is 1.26. The summed E-state index contributed by atoms with van der Waals surface area (Å²) in [6.07, 6.45) is -4.00. The summed E-state index contributed by atoms with van der Waals surface area (Å²) in [5.74, 6) is -0.991. The van der Waals surface area contributed by atoms with E-state index in [2.05, 4.69) is 15.2 Å². The largest absolute Gasteiger partial charge is 0.573 e. The predicted octanol–water partition coefficient (Wildman–Crippen LogP) is 5.74. The molecule has 0 fully saturated rings. The van der Waals surface area contributed by atoms with Crippen LogP contribution in [0, 0.1) is 11.3 Å². The molecular formula is C26H30F3N3O4. The van der Waals surface area contributed by atoms with Gasteiger partial charge in [-0.25, -0.2) is 5.01 Å². The normalized spacial score (nSPS) is 16.4. The lowest BCUT2D eigenvalue weighted by atomic mass is 9.89. The summed E-state index contributed by atoms with van der Waals surface area (Å²) in [6, 6.07) is 11.2. The highest BCUT2D eigenvalue weighted by Gasteiger charge is 2.34. The summed E-state index contributed by atoms with van der Waals surface area (Å²) < 4.78 is 47.2. The molecule has 2 aromatic rings. The number of ether oxygens (including phenoxy) is 2. The molecule has 36 heavy (non-hydrogen) atoms. The maximum Gasteiger partial charge on any atom is 0.573 e. The third-order valence-electron chi connectivity index (χ3n) is 5.73. The number of rotatable bonds is 7. The van der Waals surface area contributed by atoms with E-state index in [4.69, 9.17) is 4.74 Å². The van der Waals surface area contributed by atoms with Crippen molar-refractivity contribution < 1.29 is 32.2 Å². The van der Waals surface area contributed by atoms with Crippen molar-refractivity contribution in [3.8, 4) is 11.5 Å². The Hall–Kier alpha value is -3.56. The number of methoxy groups -OCH3 is 1. The maximum atomic E-state index is 12.8. The van der Waals surface area contributed by atoms with Gasteiger partial charge in [-0.1, -0.05) is 39.8 Å². The van der Waals surface area contributed by atoms with Crippen molar-refractivity contribution in [2.24, 2.45) is 16.4 Å². The molecule has 1 aliphatic rings. The van der Waals surface area contributed by atoms with Gasteiger partial charge >= 0.3 is 6.36 Å². The lowest BCUT2D eigenvalue weighted by Gasteiger charge is -2.29. The van der Waals surface area contributed by atoms with Gasteiger partial charge < -0.3 is 14.8 Å². The average molecular weight is 506 g/mol. The summed E-state index contributed by atoms with van der Waals surface area (Å²) in [5.41, 5.74) is 2.06. The Morgan fingerprint density at radius 1 is 1.11 bits per heavy atom. The van der Waals surface area contributed by atoms with Crippen molar-refractivity contribution in [3.05, 3.63) is 53.6 Å². The molecule has 3 rings (SSSR count). The van der Waals surface area contributed by atoms with Crippen LogP contribution in [-0.2, 0) is 16.1 Å². The van der Waals surface area contributed by atoms with E-state index in [0.29, 0.717) is 23.4 Å². The third-order valence-corrected chi connectivity index (χ3v) is 5.73. The van der Waals surface area contributed by atoms with Crippen LogP contribution in [0.25, 0.3) is 0 Å². The quantitative estimate of drug-likeness (QED) is 0.520. The number of carbonyl (C=O) groups is 2. The van der Waals surface area contributed by atoms with Crippen molar-refractivity contribution in [2.75, 3.05) is 12.4 Å². The molecule has 1 aliphatic heterocycles. The first-order chi connectivity index (χ1) is 16.8. The number of hydrogen-bond acceptors (Lipinski definition) is 5. The Morgan fingerprint density at radius 2 is 1.78 bits per heavy atom. The molecule has 1 unspecified atom stereocenters. The molecule has 0 aromatic heterocycles. The van der Waals surface area contributed by atoms with Gasteiger partial charge in [0.2, 0.25) is 11.8 Å². The average Bonchev–Trinajstić information content (AvgIpc) is 2.80. The zero-order valence-electron chi connectivity index (χ0n) is 20.9. The number of nitrogens with one attached hydrogen (secondary N) is 1. The van der Waals surface area contributed by atoms with Crippen molar-refractivity contribution in [2.45, 2.75) is 53.4 Å². The molecule has 0 aliphatic carbocycles. The molecule has 194 valence electrons. The SMILES string of the molecule is CCC1CC(=O)N(Cc2ccc(NC(=O)C(C)(C)C)cc2)N=C1c1ccc(OC(F)(F)F)c(OC)c1. The first kappa shape index (κ1) is 27.0. The fourth-order valence-corrected chi connectivity index (χ4v) is 3.66. The van der Waals surface area contributed by atoms with Gasteiger partial charge in [0.15, 0.2) is 11.5 Å². The fraction of sp³-hybridized carbons (Fsp3) is 0.423. The molecule has 0 spiro atoms. The second-order valence-electron chi connectivity index (χ2n) is 9.56. The van der Waals surface area contributed by atoms with Crippen LogP contribution in [0.15, 0.2) is 47.6 Å². The minimum Gasteiger partial charge on any atom is -0.493 e. The van der Waals surface area contributed by atoms with Crippen LogP contribution in [-0.4, -0.2) is 36.0 Å². The molecule has 0 saturated carbocycles. The van der Waals surface area contributed by atoms with E-state index in [0.717, 1.165) is 5.56 Å². The Bertz CT molecular complexity index is 1140. The van der Waals surface area contributed by atoms with Gasteiger partial charge in [0.25, 0.3) is 0 Å². The van der Waals surface area contributed by atoms with Crippen LogP contribution >= 0.6 is 0 Å². The predicted molar refractivity (Wildman–Crippen MR) is 130 cm³/mol. The van der Waals surface area contributed by atoms with E-state index in [1.807, 2.05) is 27.7 Å². The number of nitrogens with zero attached hydrogens (tertiary/aromatic N) is 2. The molecule has 1 N–H and O–H groups in total. The standard InChI is InChI=1S/C26H30F3N3O4/c1-6-17-14-22(33)32(15-16-7-10-19(11-8-16)30-24(34)25(2,3)4)31-23(17)18-9-12-20(21(13-18)35-5)36-26(27,28)29/h7-13,17H,6,14-15H2,1-5H3,(H,30,34). The molecule has 0 bridgehead atoms. The van der Waals surface area contributed by atoms with Crippen LogP contribution in [0.4, 0.5) is 18.9 Å². The minimum atomic E-state index is -4.85. The summed E-state index contributed by atoms with van der Waals surface area (Å²) >= 11 is 0. The lowest BCUT2D eigenvalue weighted by Crippen LogP contribution is -2.36. The number of anilines is 1. The Labute approximate surface area is 208 Å². The number of amides is 2. The molecule has 0 radical (unpaired) electrons. The van der Waals surface area contributed by atoms with Crippen molar-refractivity contribution in [1.29, 1.82) is 0 Å². The number of hydrazone groups is 1. The highest BCUT2D eigenvalue weighted by Crippen LogP contribution is 2.35.